The Morgan fingerprint density at radius 3 is 2.30 bits per heavy atom. The predicted molar refractivity (Wildman–Crippen MR) is 89.0 cm³/mol. The molecular formula is C16H18BrN3. The van der Waals surface area contributed by atoms with Crippen molar-refractivity contribution in [3.8, 4) is 0 Å². The lowest BCUT2D eigenvalue weighted by molar-refractivity contribution is 1.06. The molecule has 0 aromatic heterocycles. The molecule has 3 N–H and O–H groups in total. The van der Waals surface area contributed by atoms with Crippen LogP contribution in [0.25, 0.3) is 0 Å². The summed E-state index contributed by atoms with van der Waals surface area (Å²) in [6, 6.07) is 14.3. The second-order valence-corrected chi connectivity index (χ2v) is 5.74. The number of aliphatic imine (C=N–C) groups is 1. The maximum atomic E-state index is 5.91. The molecular weight excluding hydrogens is 314 g/mol. The predicted octanol–water partition coefficient (Wildman–Crippen LogP) is 3.99. The van der Waals surface area contributed by atoms with Crippen molar-refractivity contribution in [3.63, 3.8) is 0 Å². The molecule has 0 aliphatic carbocycles. The van der Waals surface area contributed by atoms with E-state index in [0.717, 1.165) is 15.7 Å². The molecule has 0 heterocycles. The minimum Gasteiger partial charge on any atom is -0.370 e. The molecule has 0 spiro atoms. The van der Waals surface area contributed by atoms with Crippen molar-refractivity contribution in [3.05, 3.63) is 63.6 Å². The van der Waals surface area contributed by atoms with Gasteiger partial charge in [0.05, 0.1) is 6.54 Å². The van der Waals surface area contributed by atoms with Gasteiger partial charge in [-0.2, -0.15) is 0 Å². The molecule has 0 aliphatic heterocycles. The Kier molecular flexibility index (Phi) is 4.79. The van der Waals surface area contributed by atoms with Crippen molar-refractivity contribution in [2.45, 2.75) is 20.4 Å². The van der Waals surface area contributed by atoms with E-state index in [9.17, 15) is 0 Å². The number of hydrogen-bond donors (Lipinski definition) is 2. The fourth-order valence-corrected chi connectivity index (χ4v) is 2.26. The zero-order valence-electron chi connectivity index (χ0n) is 11.7. The van der Waals surface area contributed by atoms with Gasteiger partial charge in [-0.15, -0.1) is 0 Å². The summed E-state index contributed by atoms with van der Waals surface area (Å²) >= 11 is 3.41. The van der Waals surface area contributed by atoms with Crippen molar-refractivity contribution in [1.29, 1.82) is 0 Å². The van der Waals surface area contributed by atoms with Gasteiger partial charge in [0, 0.05) is 10.2 Å². The highest BCUT2D eigenvalue weighted by molar-refractivity contribution is 9.10. The number of nitrogens with one attached hydrogen (secondary N) is 1. The van der Waals surface area contributed by atoms with E-state index in [0.29, 0.717) is 12.5 Å². The SMILES string of the molecule is Cc1cc(C)cc(NC(N)=NCc2ccc(Br)cc2)c1. The third kappa shape index (κ3) is 4.38. The number of nitrogens with two attached hydrogens (primary N) is 1. The van der Waals surface area contributed by atoms with Crippen molar-refractivity contribution >= 4 is 27.6 Å². The fourth-order valence-electron chi connectivity index (χ4n) is 2.00. The number of hydrogen-bond acceptors (Lipinski definition) is 1. The molecule has 2 aromatic rings. The van der Waals surface area contributed by atoms with Crippen LogP contribution in [0.1, 0.15) is 16.7 Å². The van der Waals surface area contributed by atoms with Gasteiger partial charge in [0.1, 0.15) is 0 Å². The molecule has 20 heavy (non-hydrogen) atoms. The van der Waals surface area contributed by atoms with Crippen LogP contribution >= 0.6 is 15.9 Å². The van der Waals surface area contributed by atoms with Gasteiger partial charge in [-0.1, -0.05) is 34.1 Å². The lowest BCUT2D eigenvalue weighted by Gasteiger charge is -2.08. The molecule has 0 amide bonds. The highest BCUT2D eigenvalue weighted by Gasteiger charge is 1.98. The van der Waals surface area contributed by atoms with Crippen molar-refractivity contribution in [2.75, 3.05) is 5.32 Å². The third-order valence-corrected chi connectivity index (χ3v) is 3.37. The van der Waals surface area contributed by atoms with Crippen molar-refractivity contribution < 1.29 is 0 Å². The molecule has 0 aliphatic rings. The zero-order valence-corrected chi connectivity index (χ0v) is 13.2. The van der Waals surface area contributed by atoms with Crippen molar-refractivity contribution in [1.82, 2.24) is 0 Å². The molecule has 3 nitrogen and oxygen atoms in total. The molecule has 0 saturated carbocycles. The highest BCUT2D eigenvalue weighted by atomic mass is 79.9. The molecule has 0 fully saturated rings. The van der Waals surface area contributed by atoms with E-state index in [2.05, 4.69) is 58.3 Å². The van der Waals surface area contributed by atoms with Crippen molar-refractivity contribution in [2.24, 2.45) is 10.7 Å². The first-order chi connectivity index (χ1) is 9.52. The lowest BCUT2D eigenvalue weighted by Crippen LogP contribution is -2.22. The van der Waals surface area contributed by atoms with E-state index in [4.69, 9.17) is 5.73 Å². The summed E-state index contributed by atoms with van der Waals surface area (Å²) in [4.78, 5) is 4.35. The topological polar surface area (TPSA) is 50.4 Å². The Morgan fingerprint density at radius 1 is 1.10 bits per heavy atom. The first-order valence-corrected chi connectivity index (χ1v) is 7.22. The molecule has 104 valence electrons. The van der Waals surface area contributed by atoms with E-state index >= 15 is 0 Å². The van der Waals surface area contributed by atoms with Crippen LogP contribution in [0.3, 0.4) is 0 Å². The van der Waals surface area contributed by atoms with Crippen LogP contribution in [0.15, 0.2) is 51.9 Å². The number of aryl methyl sites for hydroxylation is 2. The summed E-state index contributed by atoms with van der Waals surface area (Å²) in [5.41, 5.74) is 10.4. The minimum absolute atomic E-state index is 0.429. The molecule has 0 atom stereocenters. The smallest absolute Gasteiger partial charge is 0.193 e. The molecule has 0 radical (unpaired) electrons. The highest BCUT2D eigenvalue weighted by Crippen LogP contribution is 2.14. The van der Waals surface area contributed by atoms with Gasteiger partial charge in [0.15, 0.2) is 5.96 Å². The lowest BCUT2D eigenvalue weighted by atomic mass is 10.1. The molecule has 2 rings (SSSR count). The van der Waals surface area contributed by atoms with Crippen LogP contribution in [-0.4, -0.2) is 5.96 Å². The summed E-state index contributed by atoms with van der Waals surface area (Å²) in [5, 5.41) is 3.12. The first-order valence-electron chi connectivity index (χ1n) is 6.42. The fraction of sp³-hybridized carbons (Fsp3) is 0.188. The molecule has 4 heteroatoms. The van der Waals surface area contributed by atoms with E-state index in [1.807, 2.05) is 24.3 Å². The average Bonchev–Trinajstić information content (AvgIpc) is 2.37. The van der Waals surface area contributed by atoms with Crippen LogP contribution in [0.4, 0.5) is 5.69 Å². The summed E-state index contributed by atoms with van der Waals surface area (Å²) in [7, 11) is 0. The average molecular weight is 332 g/mol. The van der Waals surface area contributed by atoms with Gasteiger partial charge in [-0.3, -0.25) is 0 Å². The second kappa shape index (κ2) is 6.57. The van der Waals surface area contributed by atoms with Gasteiger partial charge < -0.3 is 11.1 Å². The van der Waals surface area contributed by atoms with Crippen LogP contribution < -0.4 is 11.1 Å². The number of nitrogens with zero attached hydrogens (tertiary/aromatic N) is 1. The van der Waals surface area contributed by atoms with Crippen LogP contribution in [-0.2, 0) is 6.54 Å². The maximum Gasteiger partial charge on any atom is 0.193 e. The zero-order chi connectivity index (χ0) is 14.5. The largest absolute Gasteiger partial charge is 0.370 e. The minimum atomic E-state index is 0.429. The van der Waals surface area contributed by atoms with Gasteiger partial charge in [0.25, 0.3) is 0 Å². The van der Waals surface area contributed by atoms with Gasteiger partial charge >= 0.3 is 0 Å². The van der Waals surface area contributed by atoms with Crippen LogP contribution in [0, 0.1) is 13.8 Å². The quantitative estimate of drug-likeness (QED) is 0.659. The summed E-state index contributed by atoms with van der Waals surface area (Å²) in [5.74, 6) is 0.429. The number of guanidine groups is 1. The Labute approximate surface area is 128 Å². The first kappa shape index (κ1) is 14.6. The normalized spacial score (nSPS) is 11.4. The van der Waals surface area contributed by atoms with E-state index in [1.54, 1.807) is 0 Å². The maximum absolute atomic E-state index is 5.91. The Morgan fingerprint density at radius 2 is 1.70 bits per heavy atom. The second-order valence-electron chi connectivity index (χ2n) is 4.83. The van der Waals surface area contributed by atoms with E-state index in [-0.39, 0.29) is 0 Å². The standard InChI is InChI=1S/C16H18BrN3/c1-11-7-12(2)9-15(8-11)20-16(18)19-10-13-3-5-14(17)6-4-13/h3-9H,10H2,1-2H3,(H3,18,19,20). The van der Waals surface area contributed by atoms with E-state index < -0.39 is 0 Å². The Balaban J connectivity index is 2.01. The number of halogens is 1. The molecule has 0 unspecified atom stereocenters. The van der Waals surface area contributed by atoms with Gasteiger partial charge in [-0.05, 0) is 54.8 Å². The van der Waals surface area contributed by atoms with Gasteiger partial charge in [0.2, 0.25) is 0 Å². The molecule has 0 bridgehead atoms. The van der Waals surface area contributed by atoms with Crippen LogP contribution in [0.2, 0.25) is 0 Å². The van der Waals surface area contributed by atoms with Crippen LogP contribution in [0.5, 0.6) is 0 Å². The monoisotopic (exact) mass is 331 g/mol. The molecule has 2 aromatic carbocycles. The Hall–Kier alpha value is -1.81. The van der Waals surface area contributed by atoms with E-state index in [1.165, 1.54) is 11.1 Å². The van der Waals surface area contributed by atoms with Gasteiger partial charge in [-0.25, -0.2) is 4.99 Å². The third-order valence-electron chi connectivity index (χ3n) is 2.84. The Bertz CT molecular complexity index is 598. The summed E-state index contributed by atoms with van der Waals surface area (Å²) < 4.78 is 1.06. The number of rotatable bonds is 3. The number of anilines is 1. The molecule has 0 saturated heterocycles. The summed E-state index contributed by atoms with van der Waals surface area (Å²) in [6.07, 6.45) is 0. The number of benzene rings is 2. The summed E-state index contributed by atoms with van der Waals surface area (Å²) in [6.45, 7) is 4.69.